The molecule has 0 saturated heterocycles. The minimum Gasteiger partial charge on any atom is -0.444 e. The van der Waals surface area contributed by atoms with E-state index in [1.807, 2.05) is 6.07 Å². The van der Waals surface area contributed by atoms with Gasteiger partial charge in [-0.15, -0.1) is 0 Å². The van der Waals surface area contributed by atoms with Gasteiger partial charge in [-0.25, -0.2) is 4.79 Å². The first-order valence-electron chi connectivity index (χ1n) is 8.44. The van der Waals surface area contributed by atoms with E-state index in [2.05, 4.69) is 5.32 Å². The molecule has 0 unspecified atom stereocenters. The summed E-state index contributed by atoms with van der Waals surface area (Å²) >= 11 is 0. The predicted molar refractivity (Wildman–Crippen MR) is 98.6 cm³/mol. The van der Waals surface area contributed by atoms with Crippen LogP contribution < -0.4 is 5.32 Å². The van der Waals surface area contributed by atoms with Gasteiger partial charge < -0.3 is 19.1 Å². The normalized spacial score (nSPS) is 13.8. The summed E-state index contributed by atoms with van der Waals surface area (Å²) in [5, 5.41) is 2.67. The van der Waals surface area contributed by atoms with E-state index in [4.69, 9.17) is 13.8 Å². The smallest absolute Gasteiger partial charge is 0.408 e. The van der Waals surface area contributed by atoms with Crippen molar-refractivity contribution in [1.29, 1.82) is 0 Å². The zero-order valence-corrected chi connectivity index (χ0v) is 17.0. The fraction of sp³-hybridized carbons (Fsp3) is 0.611. The van der Waals surface area contributed by atoms with Crippen LogP contribution in [0.15, 0.2) is 30.3 Å². The van der Waals surface area contributed by atoms with E-state index < -0.39 is 25.1 Å². The van der Waals surface area contributed by atoms with Gasteiger partial charge in [0.15, 0.2) is 5.78 Å². The lowest BCUT2D eigenvalue weighted by molar-refractivity contribution is 0.0499. The minimum absolute atomic E-state index is 0.337. The van der Waals surface area contributed by atoms with E-state index in [1.165, 1.54) is 0 Å². The van der Waals surface area contributed by atoms with Crippen LogP contribution in [0.25, 0.3) is 0 Å². The van der Waals surface area contributed by atoms with Crippen molar-refractivity contribution in [3.63, 3.8) is 0 Å². The van der Waals surface area contributed by atoms with Gasteiger partial charge in [-0.2, -0.15) is 0 Å². The van der Waals surface area contributed by atoms with Gasteiger partial charge in [0.2, 0.25) is 0 Å². The molecule has 0 aromatic heterocycles. The van der Waals surface area contributed by atoms with Crippen LogP contribution in [-0.4, -0.2) is 23.9 Å². The Balaban J connectivity index is 3.23. The third-order valence-electron chi connectivity index (χ3n) is 2.80. The van der Waals surface area contributed by atoms with Gasteiger partial charge >= 0.3 is 13.7 Å². The van der Waals surface area contributed by atoms with Crippen molar-refractivity contribution in [2.24, 2.45) is 0 Å². The first-order chi connectivity index (χ1) is 11.4. The molecule has 1 N–H and O–H groups in total. The van der Waals surface area contributed by atoms with Crippen molar-refractivity contribution >= 4 is 13.7 Å². The Morgan fingerprint density at radius 2 is 1.48 bits per heavy atom. The first-order valence-corrected chi connectivity index (χ1v) is 10.0. The maximum atomic E-state index is 13.5. The van der Waals surface area contributed by atoms with Gasteiger partial charge in [0.05, 0.1) is 12.2 Å². The largest absolute Gasteiger partial charge is 0.444 e. The average molecular weight is 371 g/mol. The van der Waals surface area contributed by atoms with E-state index >= 15 is 0 Å². The number of hydrogen-bond acceptors (Lipinski definition) is 5. The fourth-order valence-electron chi connectivity index (χ4n) is 2.13. The zero-order valence-electron chi connectivity index (χ0n) is 16.1. The molecule has 0 fully saturated rings. The highest BCUT2D eigenvalue weighted by atomic mass is 31.2. The summed E-state index contributed by atoms with van der Waals surface area (Å²) in [7, 11) is -3.69. The molecule has 6 nitrogen and oxygen atoms in total. The molecular weight excluding hydrogens is 341 g/mol. The molecule has 0 bridgehead atoms. The Morgan fingerprint density at radius 1 is 1.00 bits per heavy atom. The van der Waals surface area contributed by atoms with Crippen LogP contribution in [0.2, 0.25) is 0 Å². The highest BCUT2D eigenvalue weighted by molar-refractivity contribution is 7.54. The van der Waals surface area contributed by atoms with Gasteiger partial charge in [0, 0.05) is 0 Å². The monoisotopic (exact) mass is 371 g/mol. The number of ether oxygens (including phenoxy) is 1. The number of benzene rings is 1. The van der Waals surface area contributed by atoms with E-state index in [0.29, 0.717) is 5.56 Å². The Labute approximate surface area is 150 Å². The molecule has 0 heterocycles. The van der Waals surface area contributed by atoms with E-state index in [9.17, 15) is 9.36 Å². The van der Waals surface area contributed by atoms with Crippen LogP contribution >= 0.6 is 7.60 Å². The molecule has 0 aliphatic rings. The molecule has 1 amide bonds. The molecule has 0 aliphatic heterocycles. The predicted octanol–water partition coefficient (Wildman–Crippen LogP) is 5.25. The van der Waals surface area contributed by atoms with Crippen LogP contribution in [-0.2, 0) is 18.3 Å². The molecular formula is C18H30NO5P. The van der Waals surface area contributed by atoms with Gasteiger partial charge in [-0.3, -0.25) is 4.57 Å². The number of carbonyl (C=O) groups is 1. The maximum absolute atomic E-state index is 13.5. The zero-order chi connectivity index (χ0) is 19.3. The lowest BCUT2D eigenvalue weighted by Gasteiger charge is -2.31. The van der Waals surface area contributed by atoms with E-state index in [0.717, 1.165) is 0 Å². The van der Waals surface area contributed by atoms with Gasteiger partial charge in [0.1, 0.15) is 5.60 Å². The Kier molecular flexibility index (Phi) is 7.66. The summed E-state index contributed by atoms with van der Waals surface area (Å²) in [4.78, 5) is 12.3. The summed E-state index contributed by atoms with van der Waals surface area (Å²) < 4.78 is 30.2. The Hall–Kier alpha value is -1.36. The Bertz CT molecular complexity index is 581. The quantitative estimate of drug-likeness (QED) is 0.662. The third kappa shape index (κ3) is 7.59. The second-order valence-electron chi connectivity index (χ2n) is 7.31. The number of rotatable bonds is 7. The molecule has 1 rings (SSSR count). The number of alkyl carbamates (subject to hydrolysis) is 1. The number of hydrogen-bond donors (Lipinski definition) is 1. The molecule has 0 radical (unpaired) electrons. The minimum atomic E-state index is -3.69. The molecule has 25 heavy (non-hydrogen) atoms. The van der Waals surface area contributed by atoms with Gasteiger partial charge in [-0.1, -0.05) is 30.3 Å². The van der Waals surface area contributed by atoms with E-state index in [-0.39, 0.29) is 12.2 Å². The van der Waals surface area contributed by atoms with Crippen molar-refractivity contribution in [1.82, 2.24) is 5.32 Å². The van der Waals surface area contributed by atoms with E-state index in [1.54, 1.807) is 72.7 Å². The fourth-order valence-corrected chi connectivity index (χ4v) is 4.40. The molecule has 142 valence electrons. The SMILES string of the molecule is CC(C)OP(=O)(OC(C)C)[C@@H](NC(=O)OC(C)(C)C)c1ccccc1. The van der Waals surface area contributed by atoms with Crippen molar-refractivity contribution in [3.8, 4) is 0 Å². The maximum Gasteiger partial charge on any atom is 0.408 e. The lowest BCUT2D eigenvalue weighted by atomic mass is 10.2. The number of amides is 1. The summed E-state index contributed by atoms with van der Waals surface area (Å²) in [5.74, 6) is -0.964. The Morgan fingerprint density at radius 3 is 1.88 bits per heavy atom. The highest BCUT2D eigenvalue weighted by Crippen LogP contribution is 2.61. The molecule has 1 aromatic rings. The molecule has 1 atom stereocenters. The van der Waals surface area contributed by atoms with Crippen LogP contribution in [0, 0.1) is 0 Å². The van der Waals surface area contributed by atoms with Crippen molar-refractivity contribution in [2.75, 3.05) is 0 Å². The second kappa shape index (κ2) is 8.84. The molecule has 7 heteroatoms. The van der Waals surface area contributed by atoms with Crippen molar-refractivity contribution in [2.45, 2.75) is 72.1 Å². The third-order valence-corrected chi connectivity index (χ3v) is 5.29. The first kappa shape index (κ1) is 21.7. The summed E-state index contributed by atoms with van der Waals surface area (Å²) in [5.41, 5.74) is -0.0504. The van der Waals surface area contributed by atoms with Crippen LogP contribution in [0.3, 0.4) is 0 Å². The standard InChI is InChI=1S/C18H30NO5P/c1-13(2)23-25(21,24-14(3)4)16(15-11-9-8-10-12-15)19-17(20)22-18(5,6)7/h8-14,16H,1-7H3,(H,19,20)/t16-/m1/s1. The second-order valence-corrected chi connectivity index (χ2v) is 9.33. The topological polar surface area (TPSA) is 73.9 Å². The number of carbonyl (C=O) groups excluding carboxylic acids is 1. The van der Waals surface area contributed by atoms with Gasteiger partial charge in [-0.05, 0) is 54.0 Å². The lowest BCUT2D eigenvalue weighted by Crippen LogP contribution is -2.36. The number of nitrogens with one attached hydrogen (secondary N) is 1. The molecule has 0 saturated carbocycles. The summed E-state index contributed by atoms with van der Waals surface area (Å²) in [6, 6.07) is 8.97. The van der Waals surface area contributed by atoms with Gasteiger partial charge in [0.25, 0.3) is 0 Å². The average Bonchev–Trinajstić information content (AvgIpc) is 2.41. The molecule has 0 aliphatic carbocycles. The van der Waals surface area contributed by atoms with Crippen LogP contribution in [0.5, 0.6) is 0 Å². The molecule has 1 aromatic carbocycles. The summed E-state index contributed by atoms with van der Waals surface area (Å²) in [6.45, 7) is 12.4. The van der Waals surface area contributed by atoms with Crippen molar-refractivity contribution < 1.29 is 23.1 Å². The van der Waals surface area contributed by atoms with Crippen molar-refractivity contribution in [3.05, 3.63) is 35.9 Å². The molecule has 0 spiro atoms. The highest BCUT2D eigenvalue weighted by Gasteiger charge is 2.41. The van der Waals surface area contributed by atoms with Crippen LogP contribution in [0.4, 0.5) is 4.79 Å². The van der Waals surface area contributed by atoms with Crippen LogP contribution in [0.1, 0.15) is 59.8 Å². The summed E-state index contributed by atoms with van der Waals surface area (Å²) in [6.07, 6.45) is -1.35.